The Bertz CT molecular complexity index is 1150. The smallest absolute Gasteiger partial charge is 0.335 e. The number of hydrogen-bond acceptors (Lipinski definition) is 5. The van der Waals surface area contributed by atoms with Crippen LogP contribution in [0.4, 0.5) is 10.1 Å². The summed E-state index contributed by atoms with van der Waals surface area (Å²) in [4.78, 5) is 10.9. The minimum Gasteiger partial charge on any atom is -0.478 e. The van der Waals surface area contributed by atoms with E-state index < -0.39 is 32.8 Å². The SMILES string of the molecule is O=C(O)c1ccc(F)c(S(=O)(=O)Nc2ccccc2SCC(O)c2ccccc2)c1. The van der Waals surface area contributed by atoms with Crippen LogP contribution in [0.15, 0.2) is 82.6 Å². The number of benzene rings is 3. The third-order valence-corrected chi connectivity index (χ3v) is 6.71. The lowest BCUT2D eigenvalue weighted by Crippen LogP contribution is -2.16. The van der Waals surface area contributed by atoms with Crippen molar-refractivity contribution in [3.8, 4) is 0 Å². The van der Waals surface area contributed by atoms with E-state index in [-0.39, 0.29) is 17.0 Å². The maximum absolute atomic E-state index is 14.1. The highest BCUT2D eigenvalue weighted by Gasteiger charge is 2.22. The number of anilines is 1. The number of carbonyl (C=O) groups is 1. The Morgan fingerprint density at radius 2 is 1.70 bits per heavy atom. The van der Waals surface area contributed by atoms with Gasteiger partial charge in [-0.2, -0.15) is 0 Å². The van der Waals surface area contributed by atoms with Gasteiger partial charge in [0.25, 0.3) is 10.0 Å². The number of hydrogen-bond donors (Lipinski definition) is 3. The summed E-state index contributed by atoms with van der Waals surface area (Å²) in [5.41, 5.74) is 0.587. The van der Waals surface area contributed by atoms with E-state index in [1.807, 2.05) is 18.2 Å². The average molecular weight is 448 g/mol. The molecular formula is C21H18FNO5S2. The second-order valence-corrected chi connectivity index (χ2v) is 9.00. The number of thioether (sulfide) groups is 1. The molecule has 0 bridgehead atoms. The van der Waals surface area contributed by atoms with Crippen molar-refractivity contribution in [3.05, 3.63) is 89.7 Å². The van der Waals surface area contributed by atoms with Gasteiger partial charge in [-0.3, -0.25) is 4.72 Å². The topological polar surface area (TPSA) is 104 Å². The van der Waals surface area contributed by atoms with Crippen molar-refractivity contribution >= 4 is 33.4 Å². The fraction of sp³-hybridized carbons (Fsp3) is 0.0952. The number of halogens is 1. The molecule has 0 saturated heterocycles. The van der Waals surface area contributed by atoms with E-state index in [1.165, 1.54) is 17.8 Å². The number of para-hydroxylation sites is 1. The van der Waals surface area contributed by atoms with E-state index in [1.54, 1.807) is 30.3 Å². The van der Waals surface area contributed by atoms with Crippen LogP contribution >= 0.6 is 11.8 Å². The summed E-state index contributed by atoms with van der Waals surface area (Å²) in [7, 11) is -4.38. The van der Waals surface area contributed by atoms with Crippen molar-refractivity contribution < 1.29 is 27.8 Å². The van der Waals surface area contributed by atoms with Crippen LogP contribution in [0.3, 0.4) is 0 Å². The van der Waals surface area contributed by atoms with Gasteiger partial charge in [0.2, 0.25) is 0 Å². The lowest BCUT2D eigenvalue weighted by atomic mass is 10.1. The molecule has 9 heteroatoms. The normalized spacial score (nSPS) is 12.3. The summed E-state index contributed by atoms with van der Waals surface area (Å²) in [6.45, 7) is 0. The average Bonchev–Trinajstić information content (AvgIpc) is 2.73. The van der Waals surface area contributed by atoms with Gasteiger partial charge in [-0.25, -0.2) is 17.6 Å². The van der Waals surface area contributed by atoms with Gasteiger partial charge in [0.15, 0.2) is 0 Å². The standard InChI is InChI=1S/C21H18FNO5S2/c22-16-11-10-15(21(25)26)12-20(16)30(27,28)23-17-8-4-5-9-19(17)29-13-18(24)14-6-2-1-3-7-14/h1-12,18,23-24H,13H2,(H,25,26). The van der Waals surface area contributed by atoms with Crippen molar-refractivity contribution in [2.24, 2.45) is 0 Å². The molecule has 3 aromatic rings. The van der Waals surface area contributed by atoms with Gasteiger partial charge in [-0.15, -0.1) is 11.8 Å². The van der Waals surface area contributed by atoms with E-state index in [0.717, 1.165) is 23.8 Å². The third kappa shape index (κ3) is 5.18. The highest BCUT2D eigenvalue weighted by Crippen LogP contribution is 2.32. The minimum atomic E-state index is -4.38. The first-order valence-electron chi connectivity index (χ1n) is 8.78. The van der Waals surface area contributed by atoms with Crippen molar-refractivity contribution in [1.82, 2.24) is 0 Å². The molecule has 0 aliphatic carbocycles. The van der Waals surface area contributed by atoms with Gasteiger partial charge < -0.3 is 10.2 Å². The molecule has 0 fully saturated rings. The van der Waals surface area contributed by atoms with Crippen LogP contribution < -0.4 is 4.72 Å². The second kappa shape index (κ2) is 9.29. The molecule has 1 unspecified atom stereocenters. The Morgan fingerprint density at radius 3 is 2.40 bits per heavy atom. The molecule has 0 heterocycles. The van der Waals surface area contributed by atoms with Gasteiger partial charge in [0.05, 0.1) is 17.4 Å². The molecular weight excluding hydrogens is 429 g/mol. The van der Waals surface area contributed by atoms with Gasteiger partial charge in [0.1, 0.15) is 10.7 Å². The number of carboxylic acid groups (broad SMARTS) is 1. The van der Waals surface area contributed by atoms with Crippen molar-refractivity contribution in [2.75, 3.05) is 10.5 Å². The highest BCUT2D eigenvalue weighted by atomic mass is 32.2. The summed E-state index contributed by atoms with van der Waals surface area (Å²) in [5, 5.41) is 19.4. The Labute approximate surface area is 177 Å². The molecule has 0 aliphatic heterocycles. The number of aliphatic hydroxyl groups excluding tert-OH is 1. The molecule has 0 aromatic heterocycles. The lowest BCUT2D eigenvalue weighted by molar-refractivity contribution is 0.0696. The predicted octanol–water partition coefficient (Wildman–Crippen LogP) is 4.15. The molecule has 0 saturated carbocycles. The Balaban J connectivity index is 1.82. The number of aliphatic hydroxyl groups is 1. The summed E-state index contributed by atoms with van der Waals surface area (Å²) in [6, 6.07) is 18.1. The number of sulfonamides is 1. The van der Waals surface area contributed by atoms with Gasteiger partial charge in [-0.1, -0.05) is 42.5 Å². The third-order valence-electron chi connectivity index (χ3n) is 4.18. The van der Waals surface area contributed by atoms with E-state index >= 15 is 0 Å². The Hall–Kier alpha value is -2.88. The first-order chi connectivity index (χ1) is 14.3. The lowest BCUT2D eigenvalue weighted by Gasteiger charge is -2.15. The summed E-state index contributed by atoms with van der Waals surface area (Å²) >= 11 is 1.23. The quantitative estimate of drug-likeness (QED) is 0.448. The molecule has 0 radical (unpaired) electrons. The first kappa shape index (κ1) is 21.8. The zero-order valence-corrected chi connectivity index (χ0v) is 17.2. The molecule has 1 atom stereocenters. The predicted molar refractivity (Wildman–Crippen MR) is 113 cm³/mol. The van der Waals surface area contributed by atoms with Crippen molar-refractivity contribution in [1.29, 1.82) is 0 Å². The molecule has 3 N–H and O–H groups in total. The number of rotatable bonds is 8. The van der Waals surface area contributed by atoms with E-state index in [4.69, 9.17) is 5.11 Å². The molecule has 3 aromatic carbocycles. The van der Waals surface area contributed by atoms with Gasteiger partial charge in [-0.05, 0) is 35.9 Å². The maximum Gasteiger partial charge on any atom is 0.335 e. The molecule has 0 aliphatic rings. The molecule has 30 heavy (non-hydrogen) atoms. The van der Waals surface area contributed by atoms with E-state index in [2.05, 4.69) is 4.72 Å². The molecule has 6 nitrogen and oxygen atoms in total. The second-order valence-electron chi connectivity index (χ2n) is 6.29. The maximum atomic E-state index is 14.1. The fourth-order valence-electron chi connectivity index (χ4n) is 2.66. The van der Waals surface area contributed by atoms with Crippen LogP contribution in [0.1, 0.15) is 22.0 Å². The van der Waals surface area contributed by atoms with Crippen LogP contribution in [0.25, 0.3) is 0 Å². The molecule has 3 rings (SSSR count). The largest absolute Gasteiger partial charge is 0.478 e. The van der Waals surface area contributed by atoms with Crippen LogP contribution in [0.5, 0.6) is 0 Å². The number of aromatic carboxylic acids is 1. The summed E-state index contributed by atoms with van der Waals surface area (Å²) < 4.78 is 41.8. The van der Waals surface area contributed by atoms with Crippen molar-refractivity contribution in [2.45, 2.75) is 15.9 Å². The van der Waals surface area contributed by atoms with E-state index in [0.29, 0.717) is 4.90 Å². The molecule has 0 spiro atoms. The fourth-order valence-corrected chi connectivity index (χ4v) is 4.89. The highest BCUT2D eigenvalue weighted by molar-refractivity contribution is 7.99. The van der Waals surface area contributed by atoms with Crippen LogP contribution in [-0.2, 0) is 10.0 Å². The molecule has 0 amide bonds. The van der Waals surface area contributed by atoms with E-state index in [9.17, 15) is 22.7 Å². The summed E-state index contributed by atoms with van der Waals surface area (Å²) in [6.07, 6.45) is -0.759. The monoisotopic (exact) mass is 447 g/mol. The first-order valence-corrected chi connectivity index (χ1v) is 11.3. The van der Waals surface area contributed by atoms with Gasteiger partial charge in [0, 0.05) is 10.6 Å². The van der Waals surface area contributed by atoms with Crippen LogP contribution in [0.2, 0.25) is 0 Å². The zero-order valence-electron chi connectivity index (χ0n) is 15.5. The number of carboxylic acids is 1. The van der Waals surface area contributed by atoms with Crippen LogP contribution in [0, 0.1) is 5.82 Å². The molecule has 156 valence electrons. The number of nitrogens with one attached hydrogen (secondary N) is 1. The Kier molecular flexibility index (Phi) is 6.76. The zero-order chi connectivity index (χ0) is 21.7. The summed E-state index contributed by atoms with van der Waals surface area (Å²) in [5.74, 6) is -2.15. The minimum absolute atomic E-state index is 0.197. The van der Waals surface area contributed by atoms with Crippen molar-refractivity contribution in [3.63, 3.8) is 0 Å². The Morgan fingerprint density at radius 1 is 1.03 bits per heavy atom. The van der Waals surface area contributed by atoms with Gasteiger partial charge >= 0.3 is 5.97 Å². The van der Waals surface area contributed by atoms with Crippen LogP contribution in [-0.4, -0.2) is 30.4 Å².